The van der Waals surface area contributed by atoms with Crippen molar-refractivity contribution >= 4 is 83.8 Å². The Kier molecular flexibility index (Phi) is 7.42. The first kappa shape index (κ1) is 24.5. The van der Waals surface area contributed by atoms with Crippen molar-refractivity contribution < 1.29 is 19.2 Å². The predicted molar refractivity (Wildman–Crippen MR) is 139 cm³/mol. The molecule has 1 heterocycles. The maximum atomic E-state index is 12.9. The van der Waals surface area contributed by atoms with E-state index in [0.717, 1.165) is 22.2 Å². The molecule has 0 atom stereocenters. The van der Waals surface area contributed by atoms with Gasteiger partial charge in [0.1, 0.15) is 12.4 Å². The highest BCUT2D eigenvalue weighted by molar-refractivity contribution is 9.11. The number of carbonyl (C=O) groups is 2. The summed E-state index contributed by atoms with van der Waals surface area (Å²) in [7, 11) is 0. The van der Waals surface area contributed by atoms with Gasteiger partial charge in [0.2, 0.25) is 0 Å². The number of nitrogens with zero attached hydrogens (tertiary/aromatic N) is 2. The van der Waals surface area contributed by atoms with Gasteiger partial charge < -0.3 is 4.74 Å². The molecule has 0 aliphatic carbocycles. The van der Waals surface area contributed by atoms with Gasteiger partial charge in [-0.05, 0) is 97.2 Å². The molecule has 4 rings (SSSR count). The Morgan fingerprint density at radius 2 is 1.71 bits per heavy atom. The minimum Gasteiger partial charge on any atom is -0.487 e. The second-order valence-electron chi connectivity index (χ2n) is 6.99. The normalized spacial score (nSPS) is 14.7. The monoisotopic (exact) mass is 622 g/mol. The number of thioether (sulfide) groups is 1. The van der Waals surface area contributed by atoms with Crippen LogP contribution in [-0.2, 0) is 11.4 Å². The van der Waals surface area contributed by atoms with Gasteiger partial charge in [-0.25, -0.2) is 4.90 Å². The van der Waals surface area contributed by atoms with Crippen molar-refractivity contribution in [1.29, 1.82) is 0 Å². The number of imide groups is 1. The summed E-state index contributed by atoms with van der Waals surface area (Å²) < 4.78 is 7.12. The topological polar surface area (TPSA) is 89.7 Å². The van der Waals surface area contributed by atoms with Crippen molar-refractivity contribution in [1.82, 2.24) is 0 Å². The van der Waals surface area contributed by atoms with Crippen LogP contribution in [0.25, 0.3) is 6.08 Å². The number of ether oxygens (including phenoxy) is 1. The van der Waals surface area contributed by atoms with Gasteiger partial charge in [-0.15, -0.1) is 0 Å². The van der Waals surface area contributed by atoms with Gasteiger partial charge in [0.25, 0.3) is 16.8 Å². The largest absolute Gasteiger partial charge is 0.487 e. The lowest BCUT2D eigenvalue weighted by molar-refractivity contribution is -0.384. The quantitative estimate of drug-likeness (QED) is 0.160. The number of hydrogen-bond donors (Lipinski definition) is 0. The van der Waals surface area contributed by atoms with E-state index in [1.807, 2.05) is 0 Å². The van der Waals surface area contributed by atoms with Crippen LogP contribution in [0.1, 0.15) is 11.1 Å². The van der Waals surface area contributed by atoms with Gasteiger partial charge in [0, 0.05) is 12.1 Å². The highest BCUT2D eigenvalue weighted by Crippen LogP contribution is 2.40. The summed E-state index contributed by atoms with van der Waals surface area (Å²) in [6.07, 6.45) is 1.62. The Labute approximate surface area is 220 Å². The summed E-state index contributed by atoms with van der Waals surface area (Å²) in [6, 6.07) is 16.3. The summed E-state index contributed by atoms with van der Waals surface area (Å²) in [5.74, 6) is 0.0773. The van der Waals surface area contributed by atoms with Gasteiger partial charge >= 0.3 is 0 Å². The molecule has 0 unspecified atom stereocenters. The SMILES string of the molecule is O=C1S/C(=C\c2cc(Br)c(OCc3ccc([N+](=O)[O-])cc3)c(Br)c2)C(=O)N1c1ccccc1Cl. The van der Waals surface area contributed by atoms with E-state index in [1.54, 1.807) is 54.6 Å². The second kappa shape index (κ2) is 10.3. The van der Waals surface area contributed by atoms with Gasteiger partial charge in [-0.2, -0.15) is 0 Å². The van der Waals surface area contributed by atoms with Crippen molar-refractivity contribution in [2.24, 2.45) is 0 Å². The molecule has 0 aromatic heterocycles. The zero-order valence-corrected chi connectivity index (χ0v) is 21.8. The first-order chi connectivity index (χ1) is 16.2. The molecule has 11 heteroatoms. The van der Waals surface area contributed by atoms with Gasteiger partial charge in [-0.1, -0.05) is 23.7 Å². The van der Waals surface area contributed by atoms with Crippen LogP contribution in [0.15, 0.2) is 74.5 Å². The molecule has 7 nitrogen and oxygen atoms in total. The third-order valence-electron chi connectivity index (χ3n) is 4.74. The number of anilines is 1. The minimum atomic E-state index is -0.459. The highest BCUT2D eigenvalue weighted by atomic mass is 79.9. The van der Waals surface area contributed by atoms with E-state index in [1.165, 1.54) is 12.1 Å². The van der Waals surface area contributed by atoms with E-state index >= 15 is 0 Å². The molecule has 1 saturated heterocycles. The zero-order valence-electron chi connectivity index (χ0n) is 17.0. The Balaban J connectivity index is 1.52. The fourth-order valence-electron chi connectivity index (χ4n) is 3.13. The molecule has 0 bridgehead atoms. The van der Waals surface area contributed by atoms with E-state index < -0.39 is 16.1 Å². The third-order valence-corrected chi connectivity index (χ3v) is 7.10. The molecule has 0 saturated carbocycles. The summed E-state index contributed by atoms with van der Waals surface area (Å²) in [6.45, 7) is 0.200. The summed E-state index contributed by atoms with van der Waals surface area (Å²) in [4.78, 5) is 37.1. The Bertz CT molecular complexity index is 1320. The number of non-ortho nitro benzene ring substituents is 1. The van der Waals surface area contributed by atoms with Crippen molar-refractivity contribution in [3.8, 4) is 5.75 Å². The van der Waals surface area contributed by atoms with E-state index in [-0.39, 0.29) is 17.2 Å². The maximum absolute atomic E-state index is 12.9. The molecule has 1 aliphatic heterocycles. The van der Waals surface area contributed by atoms with Crippen LogP contribution in [0.5, 0.6) is 5.75 Å². The number of nitro benzene ring substituents is 1. The van der Waals surface area contributed by atoms with Gasteiger partial charge in [0.05, 0.1) is 29.5 Å². The number of rotatable bonds is 6. The van der Waals surface area contributed by atoms with E-state index in [2.05, 4.69) is 31.9 Å². The van der Waals surface area contributed by atoms with Crippen LogP contribution in [0.3, 0.4) is 0 Å². The third kappa shape index (κ3) is 5.20. The van der Waals surface area contributed by atoms with Crippen LogP contribution in [0.4, 0.5) is 16.2 Å². The molecule has 0 radical (unpaired) electrons. The van der Waals surface area contributed by atoms with Gasteiger partial charge in [-0.3, -0.25) is 19.7 Å². The summed E-state index contributed by atoms with van der Waals surface area (Å²) in [5, 5.41) is 10.7. The second-order valence-corrected chi connectivity index (χ2v) is 10.1. The molecule has 2 amide bonds. The molecule has 0 N–H and O–H groups in total. The lowest BCUT2D eigenvalue weighted by Crippen LogP contribution is -2.27. The van der Waals surface area contributed by atoms with E-state index in [0.29, 0.717) is 31.0 Å². The molecule has 1 aliphatic rings. The molecular formula is C23H13Br2ClN2O5S. The van der Waals surface area contributed by atoms with Crippen molar-refractivity contribution in [2.75, 3.05) is 4.90 Å². The Hall–Kier alpha value is -2.66. The van der Waals surface area contributed by atoms with Gasteiger partial charge in [0.15, 0.2) is 0 Å². The van der Waals surface area contributed by atoms with E-state index in [4.69, 9.17) is 16.3 Å². The molecule has 3 aromatic rings. The van der Waals surface area contributed by atoms with Crippen LogP contribution < -0.4 is 9.64 Å². The van der Waals surface area contributed by atoms with Crippen LogP contribution in [0.2, 0.25) is 5.02 Å². The Morgan fingerprint density at radius 1 is 1.06 bits per heavy atom. The molecule has 0 spiro atoms. The fraction of sp³-hybridized carbons (Fsp3) is 0.0435. The predicted octanol–water partition coefficient (Wildman–Crippen LogP) is 7.59. The lowest BCUT2D eigenvalue weighted by Gasteiger charge is -2.13. The average molecular weight is 625 g/mol. The first-order valence-corrected chi connectivity index (χ1v) is 12.4. The number of benzene rings is 3. The number of hydrogen-bond acceptors (Lipinski definition) is 6. The summed E-state index contributed by atoms with van der Waals surface area (Å²) in [5.41, 5.74) is 1.79. The fourth-order valence-corrected chi connectivity index (χ4v) is 5.64. The lowest BCUT2D eigenvalue weighted by atomic mass is 10.2. The number of nitro groups is 1. The molecule has 172 valence electrons. The summed E-state index contributed by atoms with van der Waals surface area (Å²) >= 11 is 14.0. The number of carbonyl (C=O) groups excluding carboxylic acids is 2. The zero-order chi connectivity index (χ0) is 24.4. The highest BCUT2D eigenvalue weighted by Gasteiger charge is 2.37. The van der Waals surface area contributed by atoms with E-state index in [9.17, 15) is 19.7 Å². The van der Waals surface area contributed by atoms with Crippen molar-refractivity contribution in [3.05, 3.63) is 101 Å². The molecule has 3 aromatic carbocycles. The number of para-hydroxylation sites is 1. The van der Waals surface area contributed by atoms with Crippen molar-refractivity contribution in [2.45, 2.75) is 6.61 Å². The molecule has 34 heavy (non-hydrogen) atoms. The van der Waals surface area contributed by atoms with Crippen molar-refractivity contribution in [3.63, 3.8) is 0 Å². The first-order valence-electron chi connectivity index (χ1n) is 9.62. The van der Waals surface area contributed by atoms with Crippen LogP contribution in [-0.4, -0.2) is 16.1 Å². The average Bonchev–Trinajstić information content (AvgIpc) is 3.06. The smallest absolute Gasteiger partial charge is 0.298 e. The molecular weight excluding hydrogens is 612 g/mol. The number of amides is 2. The Morgan fingerprint density at radius 3 is 2.32 bits per heavy atom. The maximum Gasteiger partial charge on any atom is 0.298 e. The number of halogens is 3. The van der Waals surface area contributed by atoms with Crippen LogP contribution in [0, 0.1) is 10.1 Å². The standard InChI is InChI=1S/C23H13Br2ClN2O5S/c24-16-9-14(10-17(25)21(16)33-12-13-5-7-15(8-6-13)28(31)32)11-20-22(29)27(23(30)34-20)19-4-2-1-3-18(19)26/h1-11H,12H2/b20-11-. The van der Waals surface area contributed by atoms with Crippen LogP contribution >= 0.6 is 55.2 Å². The molecule has 1 fully saturated rings. The minimum absolute atomic E-state index is 0.00872.